The first kappa shape index (κ1) is 14.4. The molecule has 4 aromatic heterocycles. The van der Waals surface area contributed by atoms with Crippen LogP contribution in [0.1, 0.15) is 34.3 Å². The van der Waals surface area contributed by atoms with E-state index in [1.165, 1.54) is 0 Å². The number of benzene rings is 8. The van der Waals surface area contributed by atoms with Crippen molar-refractivity contribution in [2.24, 2.45) is 0 Å². The number of aromatic nitrogens is 3. The van der Waals surface area contributed by atoms with Crippen LogP contribution in [0.5, 0.6) is 0 Å². The van der Waals surface area contributed by atoms with Crippen molar-refractivity contribution in [3.8, 4) is 34.2 Å². The average molecular weight is 753 g/mol. The molecule has 12 aromatic rings. The van der Waals surface area contributed by atoms with E-state index in [0.29, 0.717) is 34.0 Å². The van der Waals surface area contributed by atoms with Gasteiger partial charge < -0.3 is 0 Å². The van der Waals surface area contributed by atoms with E-state index in [0.717, 1.165) is 0 Å². The second kappa shape index (κ2) is 11.2. The number of fused-ring (bicyclic) bond motifs is 13. The SMILES string of the molecule is [2H]c1c([2H])c([2H])c2c(sc3c([2H])c([2H])c([2H])c(-c4nc(-c5c([2H])c6c([2H])c([2H])c([2H])c([2H])c6c6sc7c([2H])c([2H])c([2H])c([2H])c7c56)nc(-c5c([2H])c6c([2H])c([2H])c([2H])c([2H])c6c6sc7c([2H])c([2H])c([2H])c([2H])c7c56)n4)c32)c1[2H]. The molecule has 6 heteroatoms. The Morgan fingerprint density at radius 3 is 1.26 bits per heavy atom. The van der Waals surface area contributed by atoms with Gasteiger partial charge in [0.1, 0.15) is 0 Å². The molecule has 53 heavy (non-hydrogen) atoms. The average Bonchev–Trinajstić information content (AvgIpc) is 4.34. The Morgan fingerprint density at radius 1 is 0.340 bits per heavy atom. The molecule has 0 spiro atoms. The minimum atomic E-state index is -0.791. The molecule has 0 radical (unpaired) electrons. The van der Waals surface area contributed by atoms with E-state index in [4.69, 9.17) is 42.4 Å². The first-order valence-electron chi connectivity index (χ1n) is 28.1. The lowest BCUT2D eigenvalue weighted by molar-refractivity contribution is 1.08. The van der Waals surface area contributed by atoms with Crippen molar-refractivity contribution in [2.75, 3.05) is 0 Å². The van der Waals surface area contributed by atoms with Gasteiger partial charge in [0.15, 0.2) is 17.5 Å². The molecule has 0 N–H and O–H groups in total. The maximum absolute atomic E-state index is 10.0. The molecule has 0 aliphatic carbocycles. The number of thiophene rings is 3. The molecule has 0 atom stereocenters. The summed E-state index contributed by atoms with van der Waals surface area (Å²) in [5, 5.41) is -2.80. The molecule has 246 valence electrons. The highest BCUT2D eigenvalue weighted by Crippen LogP contribution is 2.47. The third kappa shape index (κ3) is 4.34. The van der Waals surface area contributed by atoms with Crippen molar-refractivity contribution in [1.82, 2.24) is 15.0 Å². The molecule has 8 aromatic carbocycles. The molecular formula is C47H25N3S3. The first-order valence-corrected chi connectivity index (χ1v) is 18.0. The summed E-state index contributed by atoms with van der Waals surface area (Å²) < 4.78 is 225. The minimum Gasteiger partial charge on any atom is -0.208 e. The van der Waals surface area contributed by atoms with Gasteiger partial charge in [-0.25, -0.2) is 15.0 Å². The molecule has 12 rings (SSSR count). The Kier molecular flexibility index (Phi) is 3.05. The van der Waals surface area contributed by atoms with Crippen LogP contribution in [0.25, 0.3) is 116 Å². The standard InChI is InChI=1S/C47H25N3S3/c1-3-14-28-26(12-1)24-34(41-31-17-6-9-21-37(31)52-43(28)41)46-48-45(33-19-11-23-39-40(33)30-16-5-8-20-36(30)51-39)49-47(50-46)35-25-27-13-2-4-15-29(27)44-42(35)32-18-7-10-22-38(32)53-44/h1-25H/i1D,2D,3D,4D,5D,6D,7D,8D,9D,10D,11D,12D,13D,14D,15D,16D,17D,18D,19D,20D,21D,22D,23D,24D,25D. The van der Waals surface area contributed by atoms with E-state index in [1.807, 2.05) is 0 Å². The normalized spacial score (nSPS) is 18.8. The molecule has 0 aliphatic heterocycles. The third-order valence-corrected chi connectivity index (χ3v) is 12.0. The van der Waals surface area contributed by atoms with Crippen LogP contribution in [-0.2, 0) is 0 Å². The van der Waals surface area contributed by atoms with E-state index >= 15 is 0 Å². The van der Waals surface area contributed by atoms with Crippen LogP contribution >= 0.6 is 34.0 Å². The van der Waals surface area contributed by atoms with Gasteiger partial charge in [-0.1, -0.05) is 115 Å². The van der Waals surface area contributed by atoms with Crippen molar-refractivity contribution in [1.29, 1.82) is 0 Å². The zero-order chi connectivity index (χ0) is 56.4. The summed E-state index contributed by atoms with van der Waals surface area (Å²) in [7, 11) is 0. The van der Waals surface area contributed by atoms with Crippen molar-refractivity contribution >= 4 is 116 Å². The third-order valence-electron chi connectivity index (χ3n) is 8.75. The summed E-state index contributed by atoms with van der Waals surface area (Å²) in [5.41, 5.74) is -1.43. The van der Waals surface area contributed by atoms with Gasteiger partial charge in [0.25, 0.3) is 0 Å². The zero-order valence-electron chi connectivity index (χ0n) is 51.1. The smallest absolute Gasteiger partial charge is 0.164 e. The Hall–Kier alpha value is -6.05. The summed E-state index contributed by atoms with van der Waals surface area (Å²) in [6.07, 6.45) is 0. The summed E-state index contributed by atoms with van der Waals surface area (Å²) in [6, 6.07) is -17.1. The topological polar surface area (TPSA) is 38.7 Å². The lowest BCUT2D eigenvalue weighted by Crippen LogP contribution is -2.01. The van der Waals surface area contributed by atoms with E-state index in [-0.39, 0.29) is 71.3 Å². The number of nitrogens with zero attached hydrogens (tertiary/aromatic N) is 3. The van der Waals surface area contributed by atoms with Gasteiger partial charge in [-0.05, 0) is 57.8 Å². The zero-order valence-corrected chi connectivity index (χ0v) is 28.5. The highest BCUT2D eigenvalue weighted by molar-refractivity contribution is 7.27. The van der Waals surface area contributed by atoms with E-state index in [9.17, 15) is 6.85 Å². The molecule has 0 bridgehead atoms. The highest BCUT2D eigenvalue weighted by Gasteiger charge is 2.23. The fourth-order valence-electron chi connectivity index (χ4n) is 6.57. The summed E-state index contributed by atoms with van der Waals surface area (Å²) >= 11 is 2.14. The number of rotatable bonds is 3. The lowest BCUT2D eigenvalue weighted by Gasteiger charge is -2.13. The van der Waals surface area contributed by atoms with E-state index in [2.05, 4.69) is 0 Å². The number of hydrogen-bond acceptors (Lipinski definition) is 6. The Morgan fingerprint density at radius 2 is 0.736 bits per heavy atom. The van der Waals surface area contributed by atoms with Crippen molar-refractivity contribution in [2.45, 2.75) is 0 Å². The van der Waals surface area contributed by atoms with Crippen LogP contribution in [0.3, 0.4) is 0 Å². The predicted octanol–water partition coefficient (Wildman–Crippen LogP) is 14.3. The molecule has 0 amide bonds. The van der Waals surface area contributed by atoms with Crippen molar-refractivity contribution < 1.29 is 34.3 Å². The van der Waals surface area contributed by atoms with Gasteiger partial charge in [0, 0.05) is 77.2 Å². The highest BCUT2D eigenvalue weighted by atomic mass is 32.1. The lowest BCUT2D eigenvalue weighted by atomic mass is 9.98. The molecule has 0 saturated carbocycles. The quantitative estimate of drug-likeness (QED) is 0.180. The summed E-state index contributed by atoms with van der Waals surface area (Å²) in [6.45, 7) is 0. The molecule has 4 heterocycles. The van der Waals surface area contributed by atoms with Gasteiger partial charge in [0.05, 0.1) is 34.3 Å². The van der Waals surface area contributed by atoms with E-state index in [1.54, 1.807) is 0 Å². The molecule has 0 aliphatic rings. The van der Waals surface area contributed by atoms with Gasteiger partial charge in [-0.15, -0.1) is 34.0 Å². The van der Waals surface area contributed by atoms with Crippen LogP contribution in [0.2, 0.25) is 0 Å². The molecule has 0 unspecified atom stereocenters. The first-order chi connectivity index (χ1) is 36.7. The Bertz CT molecular complexity index is 4710. The number of hydrogen-bond donors (Lipinski definition) is 0. The van der Waals surface area contributed by atoms with Crippen LogP contribution in [0.15, 0.2) is 151 Å². The second-order valence-electron chi connectivity index (χ2n) is 11.6. The van der Waals surface area contributed by atoms with Crippen LogP contribution < -0.4 is 0 Å². The van der Waals surface area contributed by atoms with Crippen LogP contribution in [0, 0.1) is 0 Å². The fraction of sp³-hybridized carbons (Fsp3) is 0. The van der Waals surface area contributed by atoms with Crippen molar-refractivity contribution in [3.05, 3.63) is 151 Å². The van der Waals surface area contributed by atoms with Crippen LogP contribution in [0.4, 0.5) is 0 Å². The largest absolute Gasteiger partial charge is 0.208 e. The van der Waals surface area contributed by atoms with Gasteiger partial charge in [-0.3, -0.25) is 0 Å². The van der Waals surface area contributed by atoms with Gasteiger partial charge in [-0.2, -0.15) is 0 Å². The summed E-state index contributed by atoms with van der Waals surface area (Å²) in [4.78, 5) is 14.5. The maximum Gasteiger partial charge on any atom is 0.164 e. The molecule has 3 nitrogen and oxygen atoms in total. The monoisotopic (exact) mass is 752 g/mol. The predicted molar refractivity (Wildman–Crippen MR) is 230 cm³/mol. The van der Waals surface area contributed by atoms with E-state index < -0.39 is 196 Å². The van der Waals surface area contributed by atoms with Crippen molar-refractivity contribution in [3.63, 3.8) is 0 Å². The Labute approximate surface area is 350 Å². The van der Waals surface area contributed by atoms with Gasteiger partial charge in [0.2, 0.25) is 0 Å². The fourth-order valence-corrected chi connectivity index (χ4v) is 9.79. The van der Waals surface area contributed by atoms with Gasteiger partial charge >= 0.3 is 0 Å². The maximum atomic E-state index is 10.0. The minimum absolute atomic E-state index is 0.0889. The molecular weight excluding hydrogens is 703 g/mol. The molecule has 0 fully saturated rings. The second-order valence-corrected chi connectivity index (χ2v) is 14.6. The molecule has 0 saturated heterocycles. The van der Waals surface area contributed by atoms with Crippen LogP contribution in [-0.4, -0.2) is 15.0 Å². The Balaban J connectivity index is 1.40. The summed E-state index contributed by atoms with van der Waals surface area (Å²) in [5.74, 6) is -2.02.